The van der Waals surface area contributed by atoms with Gasteiger partial charge in [0.25, 0.3) is 5.69 Å². The standard InChI is InChI=1S/C22H22Cl2F3N3O4/c1-21(2,3)34-20(31)29-7-6-28-11-19(29)14-9-13(12-4-5-16(23)17(24)8-12)15(22(25,26)27)10-18(14)30(32)33/h4-5,8-10,19,28H,6-7,11H2,1-3H3. The first kappa shape index (κ1) is 26.1. The summed E-state index contributed by atoms with van der Waals surface area (Å²) in [4.78, 5) is 25.1. The van der Waals surface area contributed by atoms with Crippen LogP contribution >= 0.6 is 23.2 Å². The molecule has 2 aromatic carbocycles. The predicted octanol–water partition coefficient (Wildman–Crippen LogP) is 6.47. The van der Waals surface area contributed by atoms with Gasteiger partial charge in [0.05, 0.1) is 32.1 Å². The second-order valence-corrected chi connectivity index (χ2v) is 9.55. The summed E-state index contributed by atoms with van der Waals surface area (Å²) in [6.07, 6.45) is -5.61. The number of rotatable bonds is 3. The third kappa shape index (κ3) is 5.73. The van der Waals surface area contributed by atoms with E-state index < -0.39 is 40.1 Å². The van der Waals surface area contributed by atoms with E-state index in [2.05, 4.69) is 5.32 Å². The number of nitrogens with zero attached hydrogens (tertiary/aromatic N) is 2. The maximum Gasteiger partial charge on any atom is 0.417 e. The van der Waals surface area contributed by atoms with E-state index >= 15 is 0 Å². The van der Waals surface area contributed by atoms with Gasteiger partial charge in [0.2, 0.25) is 0 Å². The summed E-state index contributed by atoms with van der Waals surface area (Å²) in [5.41, 5.74) is -3.08. The van der Waals surface area contributed by atoms with Crippen molar-refractivity contribution in [3.8, 4) is 11.1 Å². The average Bonchev–Trinajstić information content (AvgIpc) is 2.73. The number of piperazine rings is 1. The lowest BCUT2D eigenvalue weighted by atomic mass is 9.91. The Balaban J connectivity index is 2.23. The molecule has 1 saturated heterocycles. The molecule has 7 nitrogen and oxygen atoms in total. The molecule has 2 aromatic rings. The minimum Gasteiger partial charge on any atom is -0.444 e. The number of alkyl halides is 3. The number of hydrogen-bond donors (Lipinski definition) is 1. The van der Waals surface area contributed by atoms with Crippen molar-refractivity contribution in [2.45, 2.75) is 38.6 Å². The van der Waals surface area contributed by atoms with Crippen molar-refractivity contribution in [1.82, 2.24) is 10.2 Å². The van der Waals surface area contributed by atoms with E-state index in [1.807, 2.05) is 0 Å². The molecule has 1 N–H and O–H groups in total. The average molecular weight is 520 g/mol. The molecule has 12 heteroatoms. The summed E-state index contributed by atoms with van der Waals surface area (Å²) in [5.74, 6) is 0. The first-order valence-corrected chi connectivity index (χ1v) is 11.0. The number of nitrogens with one attached hydrogen (secondary N) is 1. The lowest BCUT2D eigenvalue weighted by molar-refractivity contribution is -0.386. The molecule has 0 aliphatic carbocycles. The van der Waals surface area contributed by atoms with Gasteiger partial charge in [0.15, 0.2) is 0 Å². The van der Waals surface area contributed by atoms with Crippen molar-refractivity contribution < 1.29 is 27.6 Å². The van der Waals surface area contributed by atoms with Crippen molar-refractivity contribution >= 4 is 35.0 Å². The van der Waals surface area contributed by atoms with Crippen LogP contribution in [0.1, 0.15) is 37.9 Å². The SMILES string of the molecule is CC(C)(C)OC(=O)N1CCNCC1c1cc(-c2ccc(Cl)c(Cl)c2)c(C(F)(F)F)cc1[N+](=O)[O-]. The van der Waals surface area contributed by atoms with E-state index in [1.165, 1.54) is 23.1 Å². The Kier molecular flexibility index (Phi) is 7.35. The van der Waals surface area contributed by atoms with Gasteiger partial charge in [-0.3, -0.25) is 15.0 Å². The van der Waals surface area contributed by atoms with Gasteiger partial charge >= 0.3 is 12.3 Å². The molecular formula is C22H22Cl2F3N3O4. The van der Waals surface area contributed by atoms with E-state index in [4.69, 9.17) is 27.9 Å². The van der Waals surface area contributed by atoms with Crippen LogP contribution in [0.5, 0.6) is 0 Å². The fourth-order valence-electron chi connectivity index (χ4n) is 3.69. The fraction of sp³-hybridized carbons (Fsp3) is 0.409. The van der Waals surface area contributed by atoms with Gasteiger partial charge in [0.1, 0.15) is 5.60 Å². The number of ether oxygens (including phenoxy) is 1. The number of benzene rings is 2. The molecule has 0 spiro atoms. The number of nitro benzene ring substituents is 1. The Morgan fingerprint density at radius 2 is 1.85 bits per heavy atom. The molecule has 0 aromatic heterocycles. The number of nitro groups is 1. The Morgan fingerprint density at radius 3 is 2.41 bits per heavy atom. The normalized spacial score (nSPS) is 16.9. The van der Waals surface area contributed by atoms with Crippen molar-refractivity contribution in [2.24, 2.45) is 0 Å². The molecule has 184 valence electrons. The molecule has 1 fully saturated rings. The quantitative estimate of drug-likeness (QED) is 0.371. The van der Waals surface area contributed by atoms with Gasteiger partial charge < -0.3 is 10.1 Å². The maximum atomic E-state index is 13.9. The minimum atomic E-state index is -4.89. The summed E-state index contributed by atoms with van der Waals surface area (Å²) in [5, 5.41) is 15.1. The van der Waals surface area contributed by atoms with Crippen LogP contribution in [0, 0.1) is 10.1 Å². The predicted molar refractivity (Wildman–Crippen MR) is 122 cm³/mol. The highest BCUT2D eigenvalue weighted by Crippen LogP contribution is 2.44. The molecule has 0 saturated carbocycles. The molecule has 1 aliphatic heterocycles. The first-order chi connectivity index (χ1) is 15.7. The first-order valence-electron chi connectivity index (χ1n) is 10.2. The van der Waals surface area contributed by atoms with Gasteiger partial charge in [-0.2, -0.15) is 13.2 Å². The topological polar surface area (TPSA) is 84.7 Å². The van der Waals surface area contributed by atoms with Gasteiger partial charge in [-0.1, -0.05) is 29.3 Å². The van der Waals surface area contributed by atoms with Crippen LogP contribution in [0.2, 0.25) is 10.0 Å². The van der Waals surface area contributed by atoms with Gasteiger partial charge in [0, 0.05) is 25.7 Å². The van der Waals surface area contributed by atoms with Crippen LogP contribution in [0.25, 0.3) is 11.1 Å². The third-order valence-corrected chi connectivity index (χ3v) is 5.87. The van der Waals surface area contributed by atoms with Crippen LogP contribution in [0.3, 0.4) is 0 Å². The highest BCUT2D eigenvalue weighted by molar-refractivity contribution is 6.42. The van der Waals surface area contributed by atoms with E-state index in [1.54, 1.807) is 20.8 Å². The van der Waals surface area contributed by atoms with E-state index in [-0.39, 0.29) is 39.8 Å². The second kappa shape index (κ2) is 9.59. The summed E-state index contributed by atoms with van der Waals surface area (Å²) in [6.45, 7) is 5.65. The Labute approximate surface area is 203 Å². The number of carbonyl (C=O) groups is 1. The van der Waals surface area contributed by atoms with Crippen molar-refractivity contribution in [3.63, 3.8) is 0 Å². The van der Waals surface area contributed by atoms with Crippen molar-refractivity contribution in [1.29, 1.82) is 0 Å². The Hall–Kier alpha value is -2.56. The van der Waals surface area contributed by atoms with Crippen molar-refractivity contribution in [2.75, 3.05) is 19.6 Å². The molecule has 34 heavy (non-hydrogen) atoms. The highest BCUT2D eigenvalue weighted by Gasteiger charge is 2.40. The lowest BCUT2D eigenvalue weighted by Crippen LogP contribution is -2.50. The van der Waals surface area contributed by atoms with Crippen molar-refractivity contribution in [3.05, 3.63) is 61.6 Å². The van der Waals surface area contributed by atoms with E-state index in [0.717, 1.165) is 6.07 Å². The molecule has 0 bridgehead atoms. The highest BCUT2D eigenvalue weighted by atomic mass is 35.5. The van der Waals surface area contributed by atoms with Gasteiger partial charge in [-0.05, 0) is 50.1 Å². The Bertz CT molecular complexity index is 1120. The van der Waals surface area contributed by atoms with E-state index in [0.29, 0.717) is 12.6 Å². The smallest absolute Gasteiger partial charge is 0.417 e. The molecule has 1 aliphatic rings. The maximum absolute atomic E-state index is 13.9. The summed E-state index contributed by atoms with van der Waals surface area (Å²) in [7, 11) is 0. The largest absolute Gasteiger partial charge is 0.444 e. The lowest BCUT2D eigenvalue weighted by Gasteiger charge is -2.37. The molecular weight excluding hydrogens is 498 g/mol. The Morgan fingerprint density at radius 1 is 1.18 bits per heavy atom. The molecule has 1 amide bonds. The molecule has 0 radical (unpaired) electrons. The zero-order chi connectivity index (χ0) is 25.4. The van der Waals surface area contributed by atoms with Gasteiger partial charge in [-0.25, -0.2) is 4.79 Å². The van der Waals surface area contributed by atoms with Crippen LogP contribution < -0.4 is 5.32 Å². The number of halogens is 5. The third-order valence-electron chi connectivity index (χ3n) is 5.13. The summed E-state index contributed by atoms with van der Waals surface area (Å²) >= 11 is 11.9. The monoisotopic (exact) mass is 519 g/mol. The number of hydrogen-bond acceptors (Lipinski definition) is 5. The van der Waals surface area contributed by atoms with Crippen LogP contribution in [0.4, 0.5) is 23.7 Å². The minimum absolute atomic E-state index is 0.0295. The zero-order valence-corrected chi connectivity index (χ0v) is 20.0. The number of amides is 1. The zero-order valence-electron chi connectivity index (χ0n) is 18.5. The van der Waals surface area contributed by atoms with Crippen LogP contribution in [-0.2, 0) is 10.9 Å². The second-order valence-electron chi connectivity index (χ2n) is 8.73. The van der Waals surface area contributed by atoms with E-state index in [9.17, 15) is 28.1 Å². The number of carbonyl (C=O) groups excluding carboxylic acids is 1. The molecule has 3 rings (SSSR count). The molecule has 1 atom stereocenters. The summed E-state index contributed by atoms with van der Waals surface area (Å²) < 4.78 is 47.3. The van der Waals surface area contributed by atoms with Crippen LogP contribution in [0.15, 0.2) is 30.3 Å². The van der Waals surface area contributed by atoms with Gasteiger partial charge in [-0.15, -0.1) is 0 Å². The summed E-state index contributed by atoms with van der Waals surface area (Å²) in [6, 6.07) is 4.60. The fourth-order valence-corrected chi connectivity index (χ4v) is 3.99. The van der Waals surface area contributed by atoms with Crippen LogP contribution in [-0.4, -0.2) is 41.2 Å². The molecule has 1 unspecified atom stereocenters. The molecule has 1 heterocycles.